The molecular weight excluding hydrogens is 412 g/mol. The summed E-state index contributed by atoms with van der Waals surface area (Å²) in [7, 11) is -3.78. The number of nitrogens with zero attached hydrogens (tertiary/aromatic N) is 4. The summed E-state index contributed by atoms with van der Waals surface area (Å²) in [6.07, 6.45) is 1.20. The molecular formula is C23H26N4O3S. The van der Waals surface area contributed by atoms with E-state index in [-0.39, 0.29) is 5.91 Å². The van der Waals surface area contributed by atoms with Gasteiger partial charge >= 0.3 is 0 Å². The second kappa shape index (κ2) is 7.17. The highest BCUT2D eigenvalue weighted by atomic mass is 32.2. The third-order valence-electron chi connectivity index (χ3n) is 6.35. The summed E-state index contributed by atoms with van der Waals surface area (Å²) >= 11 is 0. The smallest absolute Gasteiger partial charge is 0.247 e. The van der Waals surface area contributed by atoms with Crippen LogP contribution >= 0.6 is 0 Å². The van der Waals surface area contributed by atoms with Crippen LogP contribution in [0.25, 0.3) is 11.0 Å². The van der Waals surface area contributed by atoms with Crippen LogP contribution in [0, 0.1) is 20.8 Å². The average Bonchev–Trinajstić information content (AvgIpc) is 3.41. The molecule has 1 aromatic heterocycles. The van der Waals surface area contributed by atoms with Crippen LogP contribution in [0.5, 0.6) is 0 Å². The van der Waals surface area contributed by atoms with E-state index in [0.29, 0.717) is 43.3 Å². The number of imidazole rings is 1. The van der Waals surface area contributed by atoms with Crippen molar-refractivity contribution in [1.82, 2.24) is 13.9 Å². The molecule has 1 saturated heterocycles. The van der Waals surface area contributed by atoms with Gasteiger partial charge in [-0.2, -0.15) is 4.31 Å². The van der Waals surface area contributed by atoms with Gasteiger partial charge in [0.2, 0.25) is 21.9 Å². The highest BCUT2D eigenvalue weighted by Crippen LogP contribution is 2.34. The monoisotopic (exact) mass is 438 g/mol. The number of aromatic nitrogens is 2. The molecule has 0 spiro atoms. The molecule has 7 nitrogen and oxygen atoms in total. The van der Waals surface area contributed by atoms with E-state index in [0.717, 1.165) is 27.7 Å². The lowest BCUT2D eigenvalue weighted by atomic mass is 10.1. The lowest BCUT2D eigenvalue weighted by Gasteiger charge is -2.27. The Hall–Kier alpha value is -2.71. The molecule has 0 N–H and O–H groups in total. The van der Waals surface area contributed by atoms with E-state index in [4.69, 9.17) is 0 Å². The predicted octanol–water partition coefficient (Wildman–Crippen LogP) is 3.16. The second-order valence-corrected chi connectivity index (χ2v) is 10.4. The van der Waals surface area contributed by atoms with Crippen molar-refractivity contribution >= 4 is 32.9 Å². The Morgan fingerprint density at radius 2 is 1.74 bits per heavy atom. The lowest BCUT2D eigenvalue weighted by Crippen LogP contribution is -2.47. The van der Waals surface area contributed by atoms with Crippen molar-refractivity contribution in [3.63, 3.8) is 0 Å². The number of hydrogen-bond donors (Lipinski definition) is 0. The van der Waals surface area contributed by atoms with Crippen molar-refractivity contribution in [2.45, 2.75) is 51.1 Å². The predicted molar refractivity (Wildman–Crippen MR) is 120 cm³/mol. The largest absolute Gasteiger partial charge is 0.308 e. The zero-order chi connectivity index (χ0) is 21.9. The first-order chi connectivity index (χ1) is 14.8. The molecule has 31 heavy (non-hydrogen) atoms. The number of sulfonamides is 1. The third kappa shape index (κ3) is 3.08. The summed E-state index contributed by atoms with van der Waals surface area (Å²) in [5.74, 6) is 0.427. The Labute approximate surface area is 182 Å². The van der Waals surface area contributed by atoms with E-state index in [9.17, 15) is 13.2 Å². The van der Waals surface area contributed by atoms with Crippen LogP contribution in [-0.2, 0) is 21.4 Å². The molecule has 1 unspecified atom stereocenters. The first-order valence-corrected chi connectivity index (χ1v) is 12.1. The molecule has 0 saturated carbocycles. The van der Waals surface area contributed by atoms with Gasteiger partial charge in [-0.25, -0.2) is 13.4 Å². The van der Waals surface area contributed by atoms with Gasteiger partial charge in [0.25, 0.3) is 0 Å². The zero-order valence-corrected chi connectivity index (χ0v) is 18.8. The first-order valence-electron chi connectivity index (χ1n) is 10.7. The molecule has 2 aliphatic rings. The molecule has 5 rings (SSSR count). The zero-order valence-electron chi connectivity index (χ0n) is 18.0. The number of hydrogen-bond acceptors (Lipinski definition) is 4. The molecule has 1 atom stereocenters. The van der Waals surface area contributed by atoms with Gasteiger partial charge in [0.05, 0.1) is 15.9 Å². The van der Waals surface area contributed by atoms with Crippen LogP contribution < -0.4 is 4.90 Å². The van der Waals surface area contributed by atoms with Gasteiger partial charge in [-0.1, -0.05) is 29.8 Å². The van der Waals surface area contributed by atoms with Gasteiger partial charge < -0.3 is 4.57 Å². The standard InChI is InChI=1S/C23H26N4O3S/c1-15-13-16(2)21(17(3)14-15)31(29,30)27-10-6-9-20(27)22(28)26-12-11-25-19-8-5-4-7-18(19)24-23(25)26/h4-5,7-8,13-14,20H,6,9-12H2,1-3H3. The number of anilines is 1. The lowest BCUT2D eigenvalue weighted by molar-refractivity contribution is -0.121. The molecule has 2 aliphatic heterocycles. The number of carbonyl (C=O) groups is 1. The number of fused-ring (bicyclic) bond motifs is 3. The third-order valence-corrected chi connectivity index (χ3v) is 8.56. The molecule has 3 heterocycles. The van der Waals surface area contributed by atoms with Gasteiger partial charge in [-0.05, 0) is 56.9 Å². The summed E-state index contributed by atoms with van der Waals surface area (Å²) in [5, 5.41) is 0. The maximum Gasteiger partial charge on any atom is 0.247 e. The first kappa shape index (κ1) is 20.2. The molecule has 0 radical (unpaired) electrons. The molecule has 162 valence electrons. The van der Waals surface area contributed by atoms with Crippen molar-refractivity contribution in [3.8, 4) is 0 Å². The van der Waals surface area contributed by atoms with Crippen LogP contribution in [0.4, 0.5) is 5.95 Å². The van der Waals surface area contributed by atoms with Gasteiger partial charge in [0.1, 0.15) is 6.04 Å². The van der Waals surface area contributed by atoms with Crippen LogP contribution in [0.15, 0.2) is 41.3 Å². The number of carbonyl (C=O) groups excluding carboxylic acids is 1. The summed E-state index contributed by atoms with van der Waals surface area (Å²) in [4.78, 5) is 20.2. The van der Waals surface area contributed by atoms with Crippen LogP contribution in [-0.4, -0.2) is 47.3 Å². The van der Waals surface area contributed by atoms with Crippen LogP contribution in [0.3, 0.4) is 0 Å². The van der Waals surface area contributed by atoms with E-state index < -0.39 is 16.1 Å². The normalized spacial score (nSPS) is 19.3. The Morgan fingerprint density at radius 1 is 1.03 bits per heavy atom. The number of benzene rings is 2. The summed E-state index contributed by atoms with van der Waals surface area (Å²) in [6.45, 7) is 7.13. The minimum Gasteiger partial charge on any atom is -0.308 e. The minimum atomic E-state index is -3.78. The van der Waals surface area contributed by atoms with Gasteiger partial charge in [-0.15, -0.1) is 0 Å². The van der Waals surface area contributed by atoms with E-state index in [1.54, 1.807) is 4.90 Å². The van der Waals surface area contributed by atoms with Crippen molar-refractivity contribution in [2.24, 2.45) is 0 Å². The molecule has 1 amide bonds. The van der Waals surface area contributed by atoms with E-state index in [2.05, 4.69) is 4.98 Å². The summed E-state index contributed by atoms with van der Waals surface area (Å²) in [5.41, 5.74) is 4.31. The molecule has 3 aromatic rings. The van der Waals surface area contributed by atoms with Crippen molar-refractivity contribution < 1.29 is 13.2 Å². The Kier molecular flexibility index (Phi) is 4.67. The van der Waals surface area contributed by atoms with Crippen LogP contribution in [0.1, 0.15) is 29.5 Å². The summed E-state index contributed by atoms with van der Waals surface area (Å²) in [6, 6.07) is 10.9. The van der Waals surface area contributed by atoms with E-state index >= 15 is 0 Å². The fourth-order valence-corrected chi connectivity index (χ4v) is 7.21. The quantitative estimate of drug-likeness (QED) is 0.630. The highest BCUT2D eigenvalue weighted by molar-refractivity contribution is 7.89. The van der Waals surface area contributed by atoms with Crippen molar-refractivity contribution in [1.29, 1.82) is 0 Å². The number of para-hydroxylation sites is 2. The maximum atomic E-state index is 13.6. The van der Waals surface area contributed by atoms with E-state index in [1.807, 2.05) is 61.7 Å². The SMILES string of the molecule is Cc1cc(C)c(S(=O)(=O)N2CCCC2C(=O)N2CCn3c2nc2ccccc23)c(C)c1. The number of aryl methyl sites for hydroxylation is 3. The van der Waals surface area contributed by atoms with Gasteiger partial charge in [0, 0.05) is 19.6 Å². The maximum absolute atomic E-state index is 13.6. The van der Waals surface area contributed by atoms with Gasteiger partial charge in [-0.3, -0.25) is 9.69 Å². The molecule has 0 bridgehead atoms. The van der Waals surface area contributed by atoms with Crippen molar-refractivity contribution in [3.05, 3.63) is 53.1 Å². The van der Waals surface area contributed by atoms with Gasteiger partial charge in [0.15, 0.2) is 0 Å². The fraction of sp³-hybridized carbons (Fsp3) is 0.391. The van der Waals surface area contributed by atoms with Crippen molar-refractivity contribution in [2.75, 3.05) is 18.0 Å². The second-order valence-electron chi connectivity index (χ2n) is 8.54. The Morgan fingerprint density at radius 3 is 2.48 bits per heavy atom. The topological polar surface area (TPSA) is 75.5 Å². The van der Waals surface area contributed by atoms with E-state index in [1.165, 1.54) is 4.31 Å². The minimum absolute atomic E-state index is 0.183. The highest BCUT2D eigenvalue weighted by Gasteiger charge is 2.44. The molecule has 1 fully saturated rings. The average molecular weight is 439 g/mol. The molecule has 2 aromatic carbocycles. The van der Waals surface area contributed by atoms with Crippen LogP contribution in [0.2, 0.25) is 0 Å². The Bertz CT molecular complexity index is 1290. The number of rotatable bonds is 3. The molecule has 8 heteroatoms. The summed E-state index contributed by atoms with van der Waals surface area (Å²) < 4.78 is 30.7. The Balaban J connectivity index is 1.50. The fourth-order valence-electron chi connectivity index (χ4n) is 5.14. The number of amides is 1. The molecule has 0 aliphatic carbocycles.